The fourth-order valence-corrected chi connectivity index (χ4v) is 6.23. The van der Waals surface area contributed by atoms with Crippen molar-refractivity contribution in [3.05, 3.63) is 80.8 Å². The zero-order valence-electron chi connectivity index (χ0n) is 29.1. The molecule has 0 spiro atoms. The fraction of sp³-hybridized carbons (Fsp3) is 0.526. The summed E-state index contributed by atoms with van der Waals surface area (Å²) in [5.74, 6) is 0.777. The van der Waals surface area contributed by atoms with Crippen LogP contribution < -0.4 is 20.9 Å². The van der Waals surface area contributed by atoms with Gasteiger partial charge in [-0.15, -0.1) is 0 Å². The summed E-state index contributed by atoms with van der Waals surface area (Å²) in [6.45, 7) is 14.3. The van der Waals surface area contributed by atoms with Gasteiger partial charge in [-0.1, -0.05) is 12.1 Å². The number of Topliss-reactive ketones (excluding diaryl/α,β-unsaturated/α-hetero) is 1. The Bertz CT molecular complexity index is 1500. The van der Waals surface area contributed by atoms with Crippen LogP contribution in [0.5, 0.6) is 5.75 Å². The molecule has 0 radical (unpaired) electrons. The highest BCUT2D eigenvalue weighted by atomic mass is 16.6. The second-order valence-corrected chi connectivity index (χ2v) is 12.2. The number of aryl methyl sites for hydroxylation is 2. The van der Waals surface area contributed by atoms with Crippen molar-refractivity contribution in [1.29, 1.82) is 0 Å². The van der Waals surface area contributed by atoms with E-state index >= 15 is 0 Å². The Balaban J connectivity index is 1.45. The van der Waals surface area contributed by atoms with Gasteiger partial charge in [0.2, 0.25) is 0 Å². The summed E-state index contributed by atoms with van der Waals surface area (Å²) >= 11 is 0. The van der Waals surface area contributed by atoms with E-state index in [0.29, 0.717) is 76.4 Å². The van der Waals surface area contributed by atoms with E-state index in [-0.39, 0.29) is 17.8 Å². The molecule has 2 heterocycles. The maximum atomic E-state index is 13.9. The van der Waals surface area contributed by atoms with Gasteiger partial charge in [0.15, 0.2) is 5.78 Å². The van der Waals surface area contributed by atoms with E-state index in [4.69, 9.17) is 29.4 Å². The molecule has 0 amide bonds. The van der Waals surface area contributed by atoms with Crippen molar-refractivity contribution in [2.75, 3.05) is 77.5 Å². The number of carbonyl (C=O) groups excluding carboxylic acids is 1. The number of rotatable bonds is 20. The molecular weight excluding hydrogens is 610 g/mol. The standard InChI is InChI=1S/C38H53N3O7/c1-5-41(32-12-15-44-16-13-32)36-26-31(25-35(29(36)4)37(42)11-10-34-27(2)24-28(3)40-38(34)43)30-6-8-33(9-7-30)48-23-22-47-21-20-46-19-18-45-17-14-39/h6-9,24-26,32H,5,10-23,39H2,1-4H3,(H,40,43). The van der Waals surface area contributed by atoms with Crippen molar-refractivity contribution in [3.63, 3.8) is 0 Å². The summed E-state index contributed by atoms with van der Waals surface area (Å²) in [6, 6.07) is 14.5. The maximum Gasteiger partial charge on any atom is 0.251 e. The minimum absolute atomic E-state index is 0.0308. The van der Waals surface area contributed by atoms with Crippen LogP contribution in [0.2, 0.25) is 0 Å². The first kappa shape index (κ1) is 37.3. The molecule has 1 aromatic heterocycles. The van der Waals surface area contributed by atoms with Gasteiger partial charge < -0.3 is 39.3 Å². The zero-order chi connectivity index (χ0) is 34.3. The molecule has 1 aliphatic rings. The number of benzene rings is 2. The Kier molecular flexibility index (Phi) is 15.1. The number of nitrogens with two attached hydrogens (primary N) is 1. The smallest absolute Gasteiger partial charge is 0.251 e. The molecule has 4 rings (SSSR count). The molecule has 0 saturated carbocycles. The number of aromatic nitrogens is 1. The van der Waals surface area contributed by atoms with E-state index in [1.165, 1.54) is 0 Å². The number of ether oxygens (including phenoxy) is 5. The molecule has 10 heteroatoms. The predicted molar refractivity (Wildman–Crippen MR) is 190 cm³/mol. The summed E-state index contributed by atoms with van der Waals surface area (Å²) in [7, 11) is 0. The number of anilines is 1. The molecule has 0 unspecified atom stereocenters. The summed E-state index contributed by atoms with van der Waals surface area (Å²) in [6.07, 6.45) is 2.54. The molecule has 3 N–H and O–H groups in total. The van der Waals surface area contributed by atoms with Gasteiger partial charge in [0.25, 0.3) is 5.56 Å². The number of ketones is 1. The van der Waals surface area contributed by atoms with Crippen molar-refractivity contribution in [2.45, 2.75) is 59.4 Å². The Morgan fingerprint density at radius 1 is 0.896 bits per heavy atom. The van der Waals surface area contributed by atoms with E-state index in [1.54, 1.807) is 0 Å². The van der Waals surface area contributed by atoms with Gasteiger partial charge >= 0.3 is 0 Å². The number of H-pyrrole nitrogens is 1. The third-order valence-electron chi connectivity index (χ3n) is 8.75. The largest absolute Gasteiger partial charge is 0.491 e. The highest BCUT2D eigenvalue weighted by molar-refractivity contribution is 6.00. The third-order valence-corrected chi connectivity index (χ3v) is 8.75. The van der Waals surface area contributed by atoms with E-state index in [9.17, 15) is 9.59 Å². The molecule has 2 aromatic carbocycles. The van der Waals surface area contributed by atoms with E-state index in [0.717, 1.165) is 72.0 Å². The normalized spacial score (nSPS) is 13.5. The predicted octanol–water partition coefficient (Wildman–Crippen LogP) is 5.18. The first-order chi connectivity index (χ1) is 23.3. The zero-order valence-corrected chi connectivity index (χ0v) is 29.1. The summed E-state index contributed by atoms with van der Waals surface area (Å²) in [5.41, 5.74) is 12.4. The minimum atomic E-state index is -0.119. The number of hydrogen-bond donors (Lipinski definition) is 2. The van der Waals surface area contributed by atoms with E-state index < -0.39 is 0 Å². The van der Waals surface area contributed by atoms with Crippen LogP contribution >= 0.6 is 0 Å². The lowest BCUT2D eigenvalue weighted by Gasteiger charge is -2.37. The SMILES string of the molecule is CCN(c1cc(-c2ccc(OCCOCCOCCOCCN)cc2)cc(C(=O)CCc2c(C)cc(C)[nH]c2=O)c1C)C1CCOCC1. The number of hydrogen-bond acceptors (Lipinski definition) is 9. The highest BCUT2D eigenvalue weighted by Crippen LogP contribution is 2.35. The number of carbonyl (C=O) groups is 1. The number of nitrogens with zero attached hydrogens (tertiary/aromatic N) is 1. The topological polar surface area (TPSA) is 125 Å². The van der Waals surface area contributed by atoms with Gasteiger partial charge in [-0.05, 0) is 99.5 Å². The second-order valence-electron chi connectivity index (χ2n) is 12.2. The first-order valence-corrected chi connectivity index (χ1v) is 17.2. The first-order valence-electron chi connectivity index (χ1n) is 17.2. The van der Waals surface area contributed by atoms with Gasteiger partial charge in [0, 0.05) is 61.3 Å². The Hall–Kier alpha value is -3.54. The second kappa shape index (κ2) is 19.5. The Morgan fingerprint density at radius 2 is 1.54 bits per heavy atom. The van der Waals surface area contributed by atoms with Crippen LogP contribution in [0.3, 0.4) is 0 Å². The highest BCUT2D eigenvalue weighted by Gasteiger charge is 2.25. The van der Waals surface area contributed by atoms with Crippen LogP contribution in [0.4, 0.5) is 5.69 Å². The monoisotopic (exact) mass is 663 g/mol. The van der Waals surface area contributed by atoms with Gasteiger partial charge in [0.1, 0.15) is 12.4 Å². The lowest BCUT2D eigenvalue weighted by Crippen LogP contribution is -2.40. The van der Waals surface area contributed by atoms with Crippen LogP contribution in [0.25, 0.3) is 11.1 Å². The van der Waals surface area contributed by atoms with Gasteiger partial charge in [-0.3, -0.25) is 9.59 Å². The van der Waals surface area contributed by atoms with Crippen LogP contribution in [0.15, 0.2) is 47.3 Å². The van der Waals surface area contributed by atoms with Crippen molar-refractivity contribution < 1.29 is 28.5 Å². The summed E-state index contributed by atoms with van der Waals surface area (Å²) < 4.78 is 27.9. The Labute approximate surface area is 284 Å². The van der Waals surface area contributed by atoms with Gasteiger partial charge in [-0.2, -0.15) is 0 Å². The van der Waals surface area contributed by atoms with Gasteiger partial charge in [0.05, 0.1) is 39.6 Å². The van der Waals surface area contributed by atoms with Crippen molar-refractivity contribution in [3.8, 4) is 16.9 Å². The average molecular weight is 664 g/mol. The van der Waals surface area contributed by atoms with Crippen LogP contribution in [-0.4, -0.2) is 89.4 Å². The quantitative estimate of drug-likeness (QED) is 0.124. The van der Waals surface area contributed by atoms with E-state index in [2.05, 4.69) is 22.9 Å². The third kappa shape index (κ3) is 10.7. The molecule has 262 valence electrons. The average Bonchev–Trinajstić information content (AvgIpc) is 3.08. The Morgan fingerprint density at radius 3 is 2.17 bits per heavy atom. The van der Waals surface area contributed by atoms with Crippen molar-refractivity contribution >= 4 is 11.5 Å². The van der Waals surface area contributed by atoms with Crippen LogP contribution in [0, 0.1) is 20.8 Å². The molecule has 1 aliphatic heterocycles. The van der Waals surface area contributed by atoms with Crippen LogP contribution in [-0.2, 0) is 25.4 Å². The van der Waals surface area contributed by atoms with E-state index in [1.807, 2.05) is 57.2 Å². The fourth-order valence-electron chi connectivity index (χ4n) is 6.23. The molecule has 1 fully saturated rings. The summed E-state index contributed by atoms with van der Waals surface area (Å²) in [5, 5.41) is 0. The lowest BCUT2D eigenvalue weighted by molar-refractivity contribution is 0.0106. The molecule has 3 aromatic rings. The lowest BCUT2D eigenvalue weighted by atomic mass is 9.92. The maximum absolute atomic E-state index is 13.9. The van der Waals surface area contributed by atoms with Gasteiger partial charge in [-0.25, -0.2) is 0 Å². The van der Waals surface area contributed by atoms with Crippen LogP contribution in [0.1, 0.15) is 58.9 Å². The number of aromatic amines is 1. The van der Waals surface area contributed by atoms with Crippen molar-refractivity contribution in [1.82, 2.24) is 4.98 Å². The van der Waals surface area contributed by atoms with Crippen molar-refractivity contribution in [2.24, 2.45) is 5.73 Å². The molecule has 0 atom stereocenters. The molecule has 48 heavy (non-hydrogen) atoms. The number of nitrogens with one attached hydrogen (secondary N) is 1. The molecule has 10 nitrogen and oxygen atoms in total. The molecule has 0 aliphatic carbocycles. The molecule has 0 bridgehead atoms. The summed E-state index contributed by atoms with van der Waals surface area (Å²) in [4.78, 5) is 31.8. The molecular formula is C38H53N3O7. The molecule has 1 saturated heterocycles. The number of pyridine rings is 1. The minimum Gasteiger partial charge on any atom is -0.491 e.